The fourth-order valence-electron chi connectivity index (χ4n) is 1.91. The second kappa shape index (κ2) is 4.41. The fraction of sp³-hybridized carbons (Fsp3) is 0.231. The highest BCUT2D eigenvalue weighted by atomic mass is 16.2. The van der Waals surface area contributed by atoms with Gasteiger partial charge in [-0.3, -0.25) is 9.59 Å². The number of carbonyl (C=O) groups excluding carboxylic acids is 2. The van der Waals surface area contributed by atoms with Gasteiger partial charge >= 0.3 is 0 Å². The van der Waals surface area contributed by atoms with E-state index in [9.17, 15) is 9.59 Å². The predicted molar refractivity (Wildman–Crippen MR) is 65.9 cm³/mol. The molecule has 1 aliphatic heterocycles. The van der Waals surface area contributed by atoms with Crippen molar-refractivity contribution in [2.75, 3.05) is 11.4 Å². The third kappa shape index (κ3) is 1.93. The Hall–Kier alpha value is -2.10. The van der Waals surface area contributed by atoms with Crippen LogP contribution in [-0.4, -0.2) is 24.4 Å². The monoisotopic (exact) mass is 230 g/mol. The van der Waals surface area contributed by atoms with Crippen LogP contribution in [0.15, 0.2) is 36.9 Å². The maximum atomic E-state index is 12.1. The van der Waals surface area contributed by atoms with E-state index in [2.05, 4.69) is 11.9 Å². The summed E-state index contributed by atoms with van der Waals surface area (Å²) in [5, 5.41) is 2.67. The Morgan fingerprint density at radius 3 is 2.82 bits per heavy atom. The zero-order valence-corrected chi connectivity index (χ0v) is 9.64. The normalized spacial score (nSPS) is 19.4. The van der Waals surface area contributed by atoms with Crippen molar-refractivity contribution in [1.82, 2.24) is 5.32 Å². The van der Waals surface area contributed by atoms with Gasteiger partial charge in [0.1, 0.15) is 6.04 Å². The number of rotatable bonds is 2. The van der Waals surface area contributed by atoms with Crippen LogP contribution in [0.5, 0.6) is 0 Å². The molecule has 4 nitrogen and oxygen atoms in total. The predicted octanol–water partition coefficient (Wildman–Crippen LogP) is 1.34. The molecule has 0 saturated heterocycles. The Labute approximate surface area is 99.9 Å². The molecule has 0 spiro atoms. The molecule has 4 heteroatoms. The van der Waals surface area contributed by atoms with Gasteiger partial charge in [0.25, 0.3) is 5.91 Å². The lowest BCUT2D eigenvalue weighted by Gasteiger charge is -2.22. The van der Waals surface area contributed by atoms with E-state index < -0.39 is 6.04 Å². The van der Waals surface area contributed by atoms with Crippen LogP contribution in [0.4, 0.5) is 5.69 Å². The molecule has 1 aromatic carbocycles. The second-order valence-electron chi connectivity index (χ2n) is 3.95. The molecule has 1 unspecified atom stereocenters. The molecule has 88 valence electrons. The maximum absolute atomic E-state index is 12.1. The van der Waals surface area contributed by atoms with Gasteiger partial charge in [0, 0.05) is 6.54 Å². The Bertz CT molecular complexity index is 482. The first-order chi connectivity index (χ1) is 8.15. The van der Waals surface area contributed by atoms with Gasteiger partial charge in [-0.25, -0.2) is 0 Å². The first kappa shape index (κ1) is 11.4. The summed E-state index contributed by atoms with van der Waals surface area (Å²) < 4.78 is 0. The highest BCUT2D eigenvalue weighted by Crippen LogP contribution is 2.23. The average Bonchev–Trinajstić information content (AvgIpc) is 2.42. The number of benzene rings is 1. The lowest BCUT2D eigenvalue weighted by atomic mass is 10.1. The molecule has 0 fully saturated rings. The Balaban J connectivity index is 2.55. The van der Waals surface area contributed by atoms with Crippen LogP contribution in [0.3, 0.4) is 0 Å². The maximum Gasteiger partial charge on any atom is 0.254 e. The zero-order valence-electron chi connectivity index (χ0n) is 9.64. The van der Waals surface area contributed by atoms with E-state index in [-0.39, 0.29) is 11.8 Å². The lowest BCUT2D eigenvalue weighted by molar-refractivity contribution is -0.119. The number of carbonyl (C=O) groups is 2. The Morgan fingerprint density at radius 2 is 2.12 bits per heavy atom. The van der Waals surface area contributed by atoms with Crippen molar-refractivity contribution >= 4 is 17.5 Å². The van der Waals surface area contributed by atoms with E-state index in [1.165, 1.54) is 0 Å². The SMILES string of the molecule is C=CCN1C(=O)C(C)NC(=O)c2ccccc21. The minimum absolute atomic E-state index is 0.122. The number of hydrogen-bond donors (Lipinski definition) is 1. The number of hydrogen-bond acceptors (Lipinski definition) is 2. The molecule has 0 aromatic heterocycles. The Kier molecular flexibility index (Phi) is 2.95. The van der Waals surface area contributed by atoms with Gasteiger partial charge in [-0.2, -0.15) is 0 Å². The highest BCUT2D eigenvalue weighted by Gasteiger charge is 2.29. The van der Waals surface area contributed by atoms with Gasteiger partial charge in [-0.05, 0) is 19.1 Å². The lowest BCUT2D eigenvalue weighted by Crippen LogP contribution is -2.43. The van der Waals surface area contributed by atoms with E-state index >= 15 is 0 Å². The summed E-state index contributed by atoms with van der Waals surface area (Å²) in [5.41, 5.74) is 1.16. The first-order valence-corrected chi connectivity index (χ1v) is 5.47. The van der Waals surface area contributed by atoms with Crippen molar-refractivity contribution in [2.24, 2.45) is 0 Å². The zero-order chi connectivity index (χ0) is 12.4. The number of nitrogens with one attached hydrogen (secondary N) is 1. The smallest absolute Gasteiger partial charge is 0.254 e. The minimum Gasteiger partial charge on any atom is -0.340 e. The number of anilines is 1. The van der Waals surface area contributed by atoms with E-state index in [1.54, 1.807) is 36.1 Å². The summed E-state index contributed by atoms with van der Waals surface area (Å²) >= 11 is 0. The molecule has 1 heterocycles. The summed E-state index contributed by atoms with van der Waals surface area (Å²) in [7, 11) is 0. The molecule has 1 aromatic rings. The van der Waals surface area contributed by atoms with Gasteiger partial charge in [-0.1, -0.05) is 18.2 Å². The van der Waals surface area contributed by atoms with Crippen LogP contribution in [-0.2, 0) is 4.79 Å². The highest BCUT2D eigenvalue weighted by molar-refractivity contribution is 6.10. The van der Waals surface area contributed by atoms with Crippen molar-refractivity contribution in [3.05, 3.63) is 42.5 Å². The molecule has 0 bridgehead atoms. The molecule has 2 rings (SSSR count). The molecule has 0 radical (unpaired) electrons. The van der Waals surface area contributed by atoms with Crippen LogP contribution < -0.4 is 10.2 Å². The van der Waals surface area contributed by atoms with Crippen LogP contribution in [0.1, 0.15) is 17.3 Å². The fourth-order valence-corrected chi connectivity index (χ4v) is 1.91. The number of para-hydroxylation sites is 1. The van der Waals surface area contributed by atoms with Crippen LogP contribution >= 0.6 is 0 Å². The van der Waals surface area contributed by atoms with Gasteiger partial charge < -0.3 is 10.2 Å². The van der Waals surface area contributed by atoms with Gasteiger partial charge in [-0.15, -0.1) is 6.58 Å². The van der Waals surface area contributed by atoms with Crippen LogP contribution in [0.2, 0.25) is 0 Å². The standard InChI is InChI=1S/C13H14N2O2/c1-3-8-15-11-7-5-4-6-10(11)12(16)14-9(2)13(15)17/h3-7,9H,1,8H2,2H3,(H,14,16). The molecule has 0 aliphatic carbocycles. The molecule has 1 aliphatic rings. The number of fused-ring (bicyclic) bond motifs is 1. The van der Waals surface area contributed by atoms with Crippen LogP contribution in [0, 0.1) is 0 Å². The Morgan fingerprint density at radius 1 is 1.41 bits per heavy atom. The summed E-state index contributed by atoms with van der Waals surface area (Å²) in [6, 6.07) is 6.56. The van der Waals surface area contributed by atoms with Gasteiger partial charge in [0.05, 0.1) is 11.3 Å². The third-order valence-electron chi connectivity index (χ3n) is 2.74. The van der Waals surface area contributed by atoms with Crippen molar-refractivity contribution in [3.63, 3.8) is 0 Å². The van der Waals surface area contributed by atoms with Gasteiger partial charge in [0.2, 0.25) is 5.91 Å². The van der Waals surface area contributed by atoms with Crippen molar-refractivity contribution in [3.8, 4) is 0 Å². The van der Waals surface area contributed by atoms with E-state index in [1.807, 2.05) is 6.07 Å². The molecular formula is C13H14N2O2. The third-order valence-corrected chi connectivity index (χ3v) is 2.74. The largest absolute Gasteiger partial charge is 0.340 e. The first-order valence-electron chi connectivity index (χ1n) is 5.47. The number of nitrogens with zero attached hydrogens (tertiary/aromatic N) is 1. The van der Waals surface area contributed by atoms with Gasteiger partial charge in [0.15, 0.2) is 0 Å². The van der Waals surface area contributed by atoms with Crippen molar-refractivity contribution in [2.45, 2.75) is 13.0 Å². The summed E-state index contributed by atoms with van der Waals surface area (Å²) in [5.74, 6) is -0.337. The van der Waals surface area contributed by atoms with Crippen molar-refractivity contribution in [1.29, 1.82) is 0 Å². The molecule has 1 N–H and O–H groups in total. The van der Waals surface area contributed by atoms with E-state index in [0.29, 0.717) is 17.8 Å². The molecule has 2 amide bonds. The van der Waals surface area contributed by atoms with E-state index in [4.69, 9.17) is 0 Å². The molecule has 17 heavy (non-hydrogen) atoms. The molecule has 1 atom stereocenters. The van der Waals surface area contributed by atoms with E-state index in [0.717, 1.165) is 0 Å². The minimum atomic E-state index is -0.519. The second-order valence-corrected chi connectivity index (χ2v) is 3.95. The summed E-state index contributed by atoms with van der Waals surface area (Å²) in [6.45, 7) is 5.72. The van der Waals surface area contributed by atoms with Crippen molar-refractivity contribution < 1.29 is 9.59 Å². The van der Waals surface area contributed by atoms with Crippen LogP contribution in [0.25, 0.3) is 0 Å². The molecule has 0 saturated carbocycles. The topological polar surface area (TPSA) is 49.4 Å². The summed E-state index contributed by atoms with van der Waals surface area (Å²) in [4.78, 5) is 25.6. The quantitative estimate of drug-likeness (QED) is 0.779. The summed E-state index contributed by atoms with van der Waals surface area (Å²) in [6.07, 6.45) is 1.65. The molecular weight excluding hydrogens is 216 g/mol. The number of amides is 2. The average molecular weight is 230 g/mol.